The van der Waals surface area contributed by atoms with E-state index in [9.17, 15) is 14.7 Å². The highest BCUT2D eigenvalue weighted by atomic mass is 16.4. The second-order valence-corrected chi connectivity index (χ2v) is 4.93. The monoisotopic (exact) mass is 284 g/mol. The Bertz CT molecular complexity index is 774. The number of rotatable bonds is 3. The van der Waals surface area contributed by atoms with Gasteiger partial charge in [0.15, 0.2) is 0 Å². The van der Waals surface area contributed by atoms with Crippen molar-refractivity contribution in [1.29, 1.82) is 0 Å². The van der Waals surface area contributed by atoms with Gasteiger partial charge in [-0.05, 0) is 30.7 Å². The number of carbonyl (C=O) groups is 2. The molecule has 1 aromatic heterocycles. The number of hydrogen-bond donors (Lipinski definition) is 1. The van der Waals surface area contributed by atoms with Crippen LogP contribution in [-0.4, -0.2) is 22.2 Å². The average Bonchev–Trinajstić information content (AvgIpc) is 2.85. The van der Waals surface area contributed by atoms with Gasteiger partial charge >= 0.3 is 0 Å². The molecule has 2 heterocycles. The molecule has 1 aliphatic heterocycles. The lowest BCUT2D eigenvalue weighted by atomic mass is 10.0. The summed E-state index contributed by atoms with van der Waals surface area (Å²) < 4.78 is 1.71. The molecule has 1 aromatic carbocycles. The third-order valence-electron chi connectivity index (χ3n) is 3.66. The average molecular weight is 284 g/mol. The van der Waals surface area contributed by atoms with Crippen LogP contribution >= 0.6 is 0 Å². The molecule has 0 saturated heterocycles. The van der Waals surface area contributed by atoms with Crippen molar-refractivity contribution in [2.45, 2.75) is 26.3 Å². The lowest BCUT2D eigenvalue weighted by Gasteiger charge is -2.12. The summed E-state index contributed by atoms with van der Waals surface area (Å²) in [6.45, 7) is 2.45. The number of fused-ring (bicyclic) bond motifs is 1. The summed E-state index contributed by atoms with van der Waals surface area (Å²) in [6.07, 6.45) is 0.996. The summed E-state index contributed by atoms with van der Waals surface area (Å²) in [4.78, 5) is 22.3. The predicted octanol–water partition coefficient (Wildman–Crippen LogP) is 0.639. The number of carbonyl (C=O) groups excluding carboxylic acids is 2. The van der Waals surface area contributed by atoms with Gasteiger partial charge in [-0.25, -0.2) is 5.43 Å². The highest BCUT2D eigenvalue weighted by Gasteiger charge is 2.15. The van der Waals surface area contributed by atoms with E-state index in [4.69, 9.17) is 0 Å². The van der Waals surface area contributed by atoms with Crippen LogP contribution in [0.25, 0.3) is 10.9 Å². The van der Waals surface area contributed by atoms with Gasteiger partial charge in [0, 0.05) is 30.3 Å². The van der Waals surface area contributed by atoms with E-state index in [-0.39, 0.29) is 11.6 Å². The zero-order valence-electron chi connectivity index (χ0n) is 11.5. The van der Waals surface area contributed by atoms with Crippen LogP contribution < -0.4 is 10.5 Å². The Kier molecular flexibility index (Phi) is 3.21. The van der Waals surface area contributed by atoms with Gasteiger partial charge in [-0.15, -0.1) is 0 Å². The number of hydrogen-bond acceptors (Lipinski definition) is 4. The van der Waals surface area contributed by atoms with E-state index >= 15 is 0 Å². The number of carboxylic acid groups (broad SMARTS) is 1. The first-order valence-electron chi connectivity index (χ1n) is 6.80. The van der Waals surface area contributed by atoms with Crippen molar-refractivity contribution < 1.29 is 14.7 Å². The SMILES string of the molecule is CCn1c(C(=O)[O-])cc2cc(C3=NNC(=O)CC3)ccc21. The Morgan fingerprint density at radius 1 is 1.38 bits per heavy atom. The van der Waals surface area contributed by atoms with Crippen molar-refractivity contribution in [3.8, 4) is 0 Å². The van der Waals surface area contributed by atoms with Crippen LogP contribution in [0.5, 0.6) is 0 Å². The van der Waals surface area contributed by atoms with Gasteiger partial charge in [-0.3, -0.25) is 4.79 Å². The van der Waals surface area contributed by atoms with Gasteiger partial charge in [0.2, 0.25) is 5.91 Å². The first kappa shape index (κ1) is 13.4. The number of aromatic nitrogens is 1. The number of nitrogens with one attached hydrogen (secondary N) is 1. The van der Waals surface area contributed by atoms with E-state index in [0.717, 1.165) is 22.2 Å². The number of aromatic carboxylic acids is 1. The van der Waals surface area contributed by atoms with E-state index in [1.165, 1.54) is 0 Å². The first-order valence-corrected chi connectivity index (χ1v) is 6.80. The molecule has 6 nitrogen and oxygen atoms in total. The van der Waals surface area contributed by atoms with E-state index < -0.39 is 5.97 Å². The van der Waals surface area contributed by atoms with Gasteiger partial charge in [0.05, 0.1) is 17.4 Å². The zero-order chi connectivity index (χ0) is 15.0. The van der Waals surface area contributed by atoms with Gasteiger partial charge in [-0.1, -0.05) is 6.07 Å². The predicted molar refractivity (Wildman–Crippen MR) is 75.9 cm³/mol. The molecule has 0 bridgehead atoms. The number of aryl methyl sites for hydroxylation is 1. The first-order chi connectivity index (χ1) is 10.1. The summed E-state index contributed by atoms with van der Waals surface area (Å²) in [5.41, 5.74) is 5.17. The van der Waals surface area contributed by atoms with Crippen molar-refractivity contribution >= 4 is 28.5 Å². The second-order valence-electron chi connectivity index (χ2n) is 4.93. The number of amides is 1. The van der Waals surface area contributed by atoms with Gasteiger partial charge in [-0.2, -0.15) is 5.10 Å². The molecule has 0 saturated carbocycles. The largest absolute Gasteiger partial charge is 0.543 e. The standard InChI is InChI=1S/C15H15N3O3/c1-2-18-12-5-3-9(11-4-6-14(19)17-16-11)7-10(12)8-13(18)15(20)21/h3,5,7-8H,2,4,6H2,1H3,(H,17,19)(H,20,21)/p-1. The molecule has 2 aromatic rings. The fourth-order valence-corrected chi connectivity index (χ4v) is 2.64. The molecule has 0 aliphatic carbocycles. The molecular formula is C15H14N3O3-. The summed E-state index contributed by atoms with van der Waals surface area (Å²) in [5, 5.41) is 16.1. The van der Waals surface area contributed by atoms with E-state index in [2.05, 4.69) is 10.5 Å². The highest BCUT2D eigenvalue weighted by molar-refractivity contribution is 6.06. The lowest BCUT2D eigenvalue weighted by Crippen LogP contribution is -2.25. The Morgan fingerprint density at radius 3 is 2.81 bits per heavy atom. The molecule has 1 aliphatic rings. The Hall–Kier alpha value is -2.63. The maximum absolute atomic E-state index is 11.2. The highest BCUT2D eigenvalue weighted by Crippen LogP contribution is 2.23. The summed E-state index contributed by atoms with van der Waals surface area (Å²) in [6, 6.07) is 7.27. The van der Waals surface area contributed by atoms with Crippen LogP contribution in [-0.2, 0) is 11.3 Å². The van der Waals surface area contributed by atoms with Crippen LogP contribution in [0.4, 0.5) is 0 Å². The van der Waals surface area contributed by atoms with Crippen molar-refractivity contribution in [1.82, 2.24) is 9.99 Å². The Balaban J connectivity index is 2.09. The van der Waals surface area contributed by atoms with Gasteiger partial charge in [0.1, 0.15) is 0 Å². The number of nitrogens with zero attached hydrogens (tertiary/aromatic N) is 2. The fourth-order valence-electron chi connectivity index (χ4n) is 2.64. The van der Waals surface area contributed by atoms with Crippen LogP contribution in [0.1, 0.15) is 35.8 Å². The quantitative estimate of drug-likeness (QED) is 0.897. The summed E-state index contributed by atoms with van der Waals surface area (Å²) in [7, 11) is 0. The molecule has 0 radical (unpaired) electrons. The smallest absolute Gasteiger partial charge is 0.240 e. The van der Waals surface area contributed by atoms with Gasteiger partial charge in [0.25, 0.3) is 0 Å². The number of benzene rings is 1. The maximum Gasteiger partial charge on any atom is 0.240 e. The normalized spacial score (nSPS) is 14.9. The molecule has 0 fully saturated rings. The number of carboxylic acids is 1. The summed E-state index contributed by atoms with van der Waals surface area (Å²) >= 11 is 0. The van der Waals surface area contributed by atoms with Crippen molar-refractivity contribution in [2.24, 2.45) is 5.10 Å². The van der Waals surface area contributed by atoms with Crippen molar-refractivity contribution in [3.05, 3.63) is 35.5 Å². The summed E-state index contributed by atoms with van der Waals surface area (Å²) in [5.74, 6) is -1.27. The third-order valence-corrected chi connectivity index (χ3v) is 3.66. The third kappa shape index (κ3) is 2.29. The van der Waals surface area contributed by atoms with Crippen LogP contribution in [0.3, 0.4) is 0 Å². The molecule has 1 N–H and O–H groups in total. The maximum atomic E-state index is 11.2. The van der Waals surface area contributed by atoms with Gasteiger partial charge < -0.3 is 14.5 Å². The second kappa shape index (κ2) is 5.05. The molecule has 0 spiro atoms. The lowest BCUT2D eigenvalue weighted by molar-refractivity contribution is -0.255. The minimum atomic E-state index is -1.18. The Morgan fingerprint density at radius 2 is 2.19 bits per heavy atom. The van der Waals surface area contributed by atoms with Crippen LogP contribution in [0.15, 0.2) is 29.4 Å². The van der Waals surface area contributed by atoms with Crippen molar-refractivity contribution in [2.75, 3.05) is 0 Å². The van der Waals surface area contributed by atoms with E-state index in [1.54, 1.807) is 10.6 Å². The van der Waals surface area contributed by atoms with E-state index in [1.807, 2.05) is 25.1 Å². The van der Waals surface area contributed by atoms with Crippen LogP contribution in [0, 0.1) is 0 Å². The molecule has 108 valence electrons. The molecule has 0 unspecified atom stereocenters. The Labute approximate surface area is 121 Å². The molecule has 1 amide bonds. The molecule has 21 heavy (non-hydrogen) atoms. The molecule has 6 heteroatoms. The van der Waals surface area contributed by atoms with Crippen LogP contribution in [0.2, 0.25) is 0 Å². The molecular weight excluding hydrogens is 270 g/mol. The number of hydrazone groups is 1. The minimum absolute atomic E-state index is 0.0869. The zero-order valence-corrected chi connectivity index (χ0v) is 11.5. The molecule has 3 rings (SSSR count). The molecule has 0 atom stereocenters. The van der Waals surface area contributed by atoms with Crippen molar-refractivity contribution in [3.63, 3.8) is 0 Å². The fraction of sp³-hybridized carbons (Fsp3) is 0.267. The topological polar surface area (TPSA) is 86.5 Å². The minimum Gasteiger partial charge on any atom is -0.543 e. The van der Waals surface area contributed by atoms with E-state index in [0.29, 0.717) is 19.4 Å².